The second-order valence-corrected chi connectivity index (χ2v) is 17.2. The molecule has 0 aliphatic carbocycles. The van der Waals surface area contributed by atoms with Crippen molar-refractivity contribution in [3.8, 4) is 0 Å². The van der Waals surface area contributed by atoms with Gasteiger partial charge in [0.25, 0.3) is 0 Å². The Kier molecular flexibility index (Phi) is 48.3. The number of carbonyl (C=O) groups is 1. The molecular formula is C55H99NO3. The molecule has 4 nitrogen and oxygen atoms in total. The molecule has 342 valence electrons. The SMILES string of the molecule is CC/C=C\C/C=C\C/C=C\C/C=C\C/C=C\CCCCCCCCCCCCCCCCCC(=O)NC(CO)C(O)/C=C/CCCCCCCCCCCCCCCC. The van der Waals surface area contributed by atoms with Crippen molar-refractivity contribution < 1.29 is 15.0 Å². The molecule has 0 aromatic heterocycles. The zero-order valence-electron chi connectivity index (χ0n) is 39.3. The number of unbranched alkanes of at least 4 members (excludes halogenated alkanes) is 29. The molecule has 2 atom stereocenters. The van der Waals surface area contributed by atoms with Crippen molar-refractivity contribution >= 4 is 5.91 Å². The normalized spacial score (nSPS) is 13.5. The van der Waals surface area contributed by atoms with E-state index in [4.69, 9.17) is 0 Å². The van der Waals surface area contributed by atoms with Crippen molar-refractivity contribution in [1.82, 2.24) is 5.32 Å². The second kappa shape index (κ2) is 50.2. The standard InChI is InChI=1S/C55H99NO3/c1-3-5-7-9-11-13-15-17-19-21-22-23-24-25-26-27-28-29-30-31-32-33-34-35-37-39-41-43-45-47-49-51-55(59)56-53(52-57)54(58)50-48-46-44-42-40-38-36-20-18-16-14-12-10-8-6-4-2/h5,7,11,13,17,19,22-23,25-26,48,50,53-54,57-58H,3-4,6,8-10,12,14-16,18,20-21,24,27-47,49,51-52H2,1-2H3,(H,56,59)/b7-5-,13-11-,19-17-,23-22-,26-25-,50-48+. The molecule has 2 unspecified atom stereocenters. The number of amides is 1. The van der Waals surface area contributed by atoms with Gasteiger partial charge in [-0.2, -0.15) is 0 Å². The van der Waals surface area contributed by atoms with Gasteiger partial charge in [-0.3, -0.25) is 4.79 Å². The summed E-state index contributed by atoms with van der Waals surface area (Å²) in [6, 6.07) is -0.624. The van der Waals surface area contributed by atoms with Crippen LogP contribution in [0.15, 0.2) is 72.9 Å². The molecule has 0 aromatic carbocycles. The highest BCUT2D eigenvalue weighted by molar-refractivity contribution is 5.76. The third-order valence-corrected chi connectivity index (χ3v) is 11.4. The van der Waals surface area contributed by atoms with Gasteiger partial charge in [-0.05, 0) is 64.2 Å². The quantitative estimate of drug-likeness (QED) is 0.0423. The van der Waals surface area contributed by atoms with E-state index in [0.29, 0.717) is 6.42 Å². The van der Waals surface area contributed by atoms with Gasteiger partial charge in [0.05, 0.1) is 18.8 Å². The first-order valence-corrected chi connectivity index (χ1v) is 25.7. The monoisotopic (exact) mass is 822 g/mol. The minimum Gasteiger partial charge on any atom is -0.394 e. The first-order chi connectivity index (χ1) is 29.2. The fourth-order valence-electron chi connectivity index (χ4n) is 7.56. The molecule has 59 heavy (non-hydrogen) atoms. The lowest BCUT2D eigenvalue weighted by molar-refractivity contribution is -0.123. The summed E-state index contributed by atoms with van der Waals surface area (Å²) in [4.78, 5) is 12.4. The van der Waals surface area contributed by atoms with Crippen LogP contribution in [0.2, 0.25) is 0 Å². The van der Waals surface area contributed by atoms with Crippen molar-refractivity contribution in [2.45, 2.75) is 264 Å². The van der Waals surface area contributed by atoms with Gasteiger partial charge < -0.3 is 15.5 Å². The van der Waals surface area contributed by atoms with Gasteiger partial charge in [-0.15, -0.1) is 0 Å². The number of carbonyl (C=O) groups excluding carboxylic acids is 1. The highest BCUT2D eigenvalue weighted by atomic mass is 16.3. The summed E-state index contributed by atoms with van der Waals surface area (Å²) in [6.45, 7) is 4.20. The topological polar surface area (TPSA) is 69.6 Å². The third kappa shape index (κ3) is 46.7. The molecule has 1 amide bonds. The molecule has 0 heterocycles. The van der Waals surface area contributed by atoms with E-state index in [2.05, 4.69) is 79.9 Å². The Morgan fingerprint density at radius 3 is 1.12 bits per heavy atom. The van der Waals surface area contributed by atoms with Crippen molar-refractivity contribution in [2.24, 2.45) is 0 Å². The van der Waals surface area contributed by atoms with E-state index in [-0.39, 0.29) is 12.5 Å². The maximum Gasteiger partial charge on any atom is 0.220 e. The van der Waals surface area contributed by atoms with E-state index in [1.807, 2.05) is 6.08 Å². The molecule has 0 rings (SSSR count). The highest BCUT2D eigenvalue weighted by Crippen LogP contribution is 2.16. The van der Waals surface area contributed by atoms with Gasteiger partial charge in [0.15, 0.2) is 0 Å². The predicted molar refractivity (Wildman–Crippen MR) is 262 cm³/mol. The van der Waals surface area contributed by atoms with E-state index in [0.717, 1.165) is 57.8 Å². The molecule has 0 saturated carbocycles. The van der Waals surface area contributed by atoms with Gasteiger partial charge >= 0.3 is 0 Å². The molecule has 0 spiro atoms. The van der Waals surface area contributed by atoms with Crippen LogP contribution < -0.4 is 5.32 Å². The van der Waals surface area contributed by atoms with Crippen LogP contribution >= 0.6 is 0 Å². The molecule has 4 heteroatoms. The number of hydrogen-bond acceptors (Lipinski definition) is 3. The molecule has 0 radical (unpaired) electrons. The van der Waals surface area contributed by atoms with Crippen LogP contribution in [-0.4, -0.2) is 34.9 Å². The Morgan fingerprint density at radius 1 is 0.424 bits per heavy atom. The zero-order chi connectivity index (χ0) is 42.8. The van der Waals surface area contributed by atoms with Crippen LogP contribution in [0.1, 0.15) is 251 Å². The highest BCUT2D eigenvalue weighted by Gasteiger charge is 2.18. The van der Waals surface area contributed by atoms with E-state index >= 15 is 0 Å². The lowest BCUT2D eigenvalue weighted by Gasteiger charge is -2.20. The molecule has 0 bridgehead atoms. The summed E-state index contributed by atoms with van der Waals surface area (Å²) in [5.74, 6) is -0.0650. The molecule has 0 aliphatic rings. The Labute approximate surface area is 368 Å². The Bertz CT molecular complexity index is 1020. The molecule has 0 aromatic rings. The number of nitrogens with one attached hydrogen (secondary N) is 1. The van der Waals surface area contributed by atoms with Crippen LogP contribution in [0.25, 0.3) is 0 Å². The fraction of sp³-hybridized carbons (Fsp3) is 0.764. The zero-order valence-corrected chi connectivity index (χ0v) is 39.3. The summed E-state index contributed by atoms with van der Waals surface area (Å²) < 4.78 is 0. The number of hydrogen-bond donors (Lipinski definition) is 3. The summed E-state index contributed by atoms with van der Waals surface area (Å²) in [5.41, 5.74) is 0. The van der Waals surface area contributed by atoms with E-state index in [1.165, 1.54) is 173 Å². The summed E-state index contributed by atoms with van der Waals surface area (Å²) >= 11 is 0. The first kappa shape index (κ1) is 56.8. The molecule has 0 fully saturated rings. The largest absolute Gasteiger partial charge is 0.394 e. The summed E-state index contributed by atoms with van der Waals surface area (Å²) in [7, 11) is 0. The Balaban J connectivity index is 3.52. The van der Waals surface area contributed by atoms with Crippen molar-refractivity contribution in [3.63, 3.8) is 0 Å². The smallest absolute Gasteiger partial charge is 0.220 e. The van der Waals surface area contributed by atoms with E-state index in [1.54, 1.807) is 6.08 Å². The second-order valence-electron chi connectivity index (χ2n) is 17.2. The van der Waals surface area contributed by atoms with Gasteiger partial charge in [0.2, 0.25) is 5.91 Å². The Morgan fingerprint density at radius 2 is 0.746 bits per heavy atom. The van der Waals surface area contributed by atoms with Gasteiger partial charge in [-0.25, -0.2) is 0 Å². The van der Waals surface area contributed by atoms with Crippen LogP contribution in [0.5, 0.6) is 0 Å². The van der Waals surface area contributed by atoms with Gasteiger partial charge in [0, 0.05) is 6.42 Å². The maximum absolute atomic E-state index is 12.4. The van der Waals surface area contributed by atoms with Gasteiger partial charge in [-0.1, -0.05) is 254 Å². The molecule has 0 saturated heterocycles. The van der Waals surface area contributed by atoms with E-state index < -0.39 is 12.1 Å². The van der Waals surface area contributed by atoms with Crippen LogP contribution in [0.3, 0.4) is 0 Å². The first-order valence-electron chi connectivity index (χ1n) is 25.7. The van der Waals surface area contributed by atoms with Crippen molar-refractivity contribution in [3.05, 3.63) is 72.9 Å². The van der Waals surface area contributed by atoms with Crippen molar-refractivity contribution in [2.75, 3.05) is 6.61 Å². The van der Waals surface area contributed by atoms with Crippen LogP contribution in [-0.2, 0) is 4.79 Å². The van der Waals surface area contributed by atoms with Gasteiger partial charge in [0.1, 0.15) is 0 Å². The lowest BCUT2D eigenvalue weighted by Crippen LogP contribution is -2.45. The fourth-order valence-corrected chi connectivity index (χ4v) is 7.56. The maximum atomic E-state index is 12.4. The Hall–Kier alpha value is -2.17. The minimum absolute atomic E-state index is 0.0650. The number of aliphatic hydroxyl groups is 2. The lowest BCUT2D eigenvalue weighted by atomic mass is 10.0. The third-order valence-electron chi connectivity index (χ3n) is 11.4. The predicted octanol–water partition coefficient (Wildman–Crippen LogP) is 16.6. The van der Waals surface area contributed by atoms with Crippen LogP contribution in [0.4, 0.5) is 0 Å². The number of rotatable bonds is 46. The number of allylic oxidation sites excluding steroid dienone is 11. The van der Waals surface area contributed by atoms with Crippen molar-refractivity contribution in [1.29, 1.82) is 0 Å². The van der Waals surface area contributed by atoms with E-state index in [9.17, 15) is 15.0 Å². The minimum atomic E-state index is -0.841. The summed E-state index contributed by atoms with van der Waals surface area (Å²) in [6.07, 6.45) is 71.8. The number of aliphatic hydroxyl groups excluding tert-OH is 2. The molecule has 0 aliphatic heterocycles. The van der Waals surface area contributed by atoms with Crippen LogP contribution in [0, 0.1) is 0 Å². The summed E-state index contributed by atoms with van der Waals surface area (Å²) in [5, 5.41) is 23.1. The molecule has 3 N–H and O–H groups in total. The average molecular weight is 822 g/mol. The average Bonchev–Trinajstić information content (AvgIpc) is 3.24. The molecular weight excluding hydrogens is 723 g/mol.